The van der Waals surface area contributed by atoms with Crippen molar-refractivity contribution < 1.29 is 14.0 Å². The molecule has 0 spiro atoms. The van der Waals surface area contributed by atoms with Crippen LogP contribution in [0.25, 0.3) is 11.0 Å². The number of carbonyl (C=O) groups excluding carboxylic acids is 2. The van der Waals surface area contributed by atoms with E-state index in [4.69, 9.17) is 21.8 Å². The van der Waals surface area contributed by atoms with Crippen LogP contribution in [0.2, 0.25) is 5.02 Å². The Morgan fingerprint density at radius 3 is 2.46 bits per heavy atom. The van der Waals surface area contributed by atoms with Gasteiger partial charge in [0.05, 0.1) is 5.02 Å². The van der Waals surface area contributed by atoms with Crippen molar-refractivity contribution in [2.24, 2.45) is 5.73 Å². The monoisotopic (exact) mass is 342 g/mol. The fraction of sp³-hybridized carbons (Fsp3) is 0. The highest BCUT2D eigenvalue weighted by atomic mass is 35.5. The lowest BCUT2D eigenvalue weighted by Crippen LogP contribution is -2.20. The number of carbonyl (C=O) groups is 2. The number of hydrogen-bond donors (Lipinski definition) is 2. The van der Waals surface area contributed by atoms with Crippen LogP contribution in [0.4, 0.5) is 5.69 Å². The summed E-state index contributed by atoms with van der Waals surface area (Å²) in [6.07, 6.45) is 0. The van der Waals surface area contributed by atoms with Crippen molar-refractivity contribution in [3.05, 3.63) is 75.1 Å². The van der Waals surface area contributed by atoms with Crippen LogP contribution in [-0.2, 0) is 0 Å². The van der Waals surface area contributed by atoms with Crippen molar-refractivity contribution in [1.29, 1.82) is 0 Å². The zero-order valence-corrected chi connectivity index (χ0v) is 13.0. The third-order valence-electron chi connectivity index (χ3n) is 3.38. The summed E-state index contributed by atoms with van der Waals surface area (Å²) in [5.41, 5.74) is 5.16. The van der Waals surface area contributed by atoms with Gasteiger partial charge in [0.1, 0.15) is 5.56 Å². The average Bonchev–Trinajstić information content (AvgIpc) is 2.55. The Kier molecular flexibility index (Phi) is 4.05. The summed E-state index contributed by atoms with van der Waals surface area (Å²) in [5.74, 6) is -1.20. The highest BCUT2D eigenvalue weighted by Crippen LogP contribution is 2.22. The molecule has 7 heteroatoms. The van der Waals surface area contributed by atoms with Crippen molar-refractivity contribution in [3.63, 3.8) is 0 Å². The first kappa shape index (κ1) is 15.8. The van der Waals surface area contributed by atoms with Crippen LogP contribution in [0.5, 0.6) is 0 Å². The molecule has 0 aliphatic heterocycles. The van der Waals surface area contributed by atoms with E-state index in [-0.39, 0.29) is 11.1 Å². The number of hydrogen-bond acceptors (Lipinski definition) is 4. The molecule has 2 aromatic carbocycles. The number of amides is 2. The van der Waals surface area contributed by atoms with Crippen molar-refractivity contribution in [2.45, 2.75) is 0 Å². The number of nitrogens with two attached hydrogens (primary N) is 1. The highest BCUT2D eigenvalue weighted by molar-refractivity contribution is 6.34. The van der Waals surface area contributed by atoms with Crippen molar-refractivity contribution in [1.82, 2.24) is 0 Å². The van der Waals surface area contributed by atoms with Crippen LogP contribution in [0.3, 0.4) is 0 Å². The summed E-state index contributed by atoms with van der Waals surface area (Å²) in [4.78, 5) is 35.3. The molecule has 3 N–H and O–H groups in total. The molecule has 120 valence electrons. The van der Waals surface area contributed by atoms with Crippen LogP contribution >= 0.6 is 11.6 Å². The minimum Gasteiger partial charge on any atom is -0.421 e. The molecule has 0 atom stereocenters. The smallest absolute Gasteiger partial charge is 0.349 e. The second-order valence-corrected chi connectivity index (χ2v) is 5.41. The topological polar surface area (TPSA) is 102 Å². The first-order chi connectivity index (χ1) is 11.5. The van der Waals surface area contributed by atoms with Crippen molar-refractivity contribution in [2.75, 3.05) is 5.32 Å². The number of anilines is 1. The number of halogens is 1. The van der Waals surface area contributed by atoms with Gasteiger partial charge in [-0.25, -0.2) is 4.79 Å². The molecule has 6 nitrogen and oxygen atoms in total. The maximum Gasteiger partial charge on any atom is 0.349 e. The minimum absolute atomic E-state index is 0.149. The third kappa shape index (κ3) is 3.00. The van der Waals surface area contributed by atoms with Crippen LogP contribution in [0.1, 0.15) is 20.7 Å². The fourth-order valence-electron chi connectivity index (χ4n) is 2.18. The largest absolute Gasteiger partial charge is 0.421 e. The molecule has 0 aliphatic rings. The van der Waals surface area contributed by atoms with E-state index in [9.17, 15) is 14.4 Å². The van der Waals surface area contributed by atoms with Crippen LogP contribution < -0.4 is 16.7 Å². The molecule has 3 rings (SSSR count). The Balaban J connectivity index is 1.92. The molecule has 0 saturated carbocycles. The summed E-state index contributed by atoms with van der Waals surface area (Å²) >= 11 is 5.96. The molecular weight excluding hydrogens is 332 g/mol. The number of fused-ring (bicyclic) bond motifs is 1. The van der Waals surface area contributed by atoms with Gasteiger partial charge in [0, 0.05) is 16.6 Å². The van der Waals surface area contributed by atoms with E-state index in [2.05, 4.69) is 5.32 Å². The molecule has 0 saturated heterocycles. The van der Waals surface area contributed by atoms with Gasteiger partial charge < -0.3 is 15.5 Å². The quantitative estimate of drug-likeness (QED) is 0.714. The summed E-state index contributed by atoms with van der Waals surface area (Å²) in [6, 6.07) is 12.3. The lowest BCUT2D eigenvalue weighted by atomic mass is 10.1. The van der Waals surface area contributed by atoms with Gasteiger partial charge in [0.25, 0.3) is 5.91 Å². The van der Waals surface area contributed by atoms with Gasteiger partial charge in [-0.2, -0.15) is 0 Å². The Morgan fingerprint density at radius 1 is 1.08 bits per heavy atom. The Labute approximate surface area is 140 Å². The molecule has 0 unspecified atom stereocenters. The summed E-state index contributed by atoms with van der Waals surface area (Å²) in [7, 11) is 0. The van der Waals surface area contributed by atoms with Crippen LogP contribution in [0, 0.1) is 0 Å². The molecule has 0 radical (unpaired) electrons. The SMILES string of the molecule is NC(=O)c1ccc(NC(=O)c2cc3cccc(Cl)c3oc2=O)cc1. The van der Waals surface area contributed by atoms with Gasteiger partial charge in [-0.3, -0.25) is 9.59 Å². The predicted octanol–water partition coefficient (Wildman–Crippen LogP) is 2.80. The molecule has 1 heterocycles. The number of primary amides is 1. The van der Waals surface area contributed by atoms with Crippen LogP contribution in [0.15, 0.2) is 57.7 Å². The summed E-state index contributed by atoms with van der Waals surface area (Å²) in [5, 5.41) is 3.39. The fourth-order valence-corrected chi connectivity index (χ4v) is 2.40. The van der Waals surface area contributed by atoms with Crippen molar-refractivity contribution in [3.8, 4) is 0 Å². The number of nitrogens with one attached hydrogen (secondary N) is 1. The molecule has 1 aromatic heterocycles. The van der Waals surface area contributed by atoms with E-state index in [0.717, 1.165) is 0 Å². The van der Waals surface area contributed by atoms with E-state index in [1.807, 2.05) is 0 Å². The Hall–Kier alpha value is -3.12. The highest BCUT2D eigenvalue weighted by Gasteiger charge is 2.15. The second kappa shape index (κ2) is 6.17. The van der Waals surface area contributed by atoms with E-state index in [1.165, 1.54) is 30.3 Å². The zero-order valence-electron chi connectivity index (χ0n) is 12.2. The Bertz CT molecular complexity index is 1010. The average molecular weight is 343 g/mol. The van der Waals surface area contributed by atoms with Gasteiger partial charge >= 0.3 is 5.63 Å². The molecular formula is C17H11ClN2O4. The van der Waals surface area contributed by atoms with Gasteiger partial charge in [0.2, 0.25) is 5.91 Å². The van der Waals surface area contributed by atoms with Gasteiger partial charge in [-0.05, 0) is 36.4 Å². The molecule has 24 heavy (non-hydrogen) atoms. The maximum absolute atomic E-state index is 12.3. The summed E-state index contributed by atoms with van der Waals surface area (Å²) in [6.45, 7) is 0. The number of benzene rings is 2. The third-order valence-corrected chi connectivity index (χ3v) is 3.68. The standard InChI is InChI=1S/C17H11ClN2O4/c18-13-3-1-2-10-8-12(17(23)24-14(10)13)16(22)20-11-6-4-9(5-7-11)15(19)21/h1-8H,(H2,19,21)(H,20,22). The lowest BCUT2D eigenvalue weighted by Gasteiger charge is -2.06. The first-order valence-electron chi connectivity index (χ1n) is 6.89. The minimum atomic E-state index is -0.790. The lowest BCUT2D eigenvalue weighted by molar-refractivity contribution is 0.0998. The van der Waals surface area contributed by atoms with E-state index >= 15 is 0 Å². The predicted molar refractivity (Wildman–Crippen MR) is 90.4 cm³/mol. The second-order valence-electron chi connectivity index (χ2n) is 5.00. The molecule has 0 aliphatic carbocycles. The van der Waals surface area contributed by atoms with Gasteiger partial charge in [-0.1, -0.05) is 23.7 Å². The maximum atomic E-state index is 12.3. The number of rotatable bonds is 3. The van der Waals surface area contributed by atoms with Gasteiger partial charge in [0.15, 0.2) is 5.58 Å². The first-order valence-corrected chi connectivity index (χ1v) is 7.27. The van der Waals surface area contributed by atoms with Gasteiger partial charge in [-0.15, -0.1) is 0 Å². The molecule has 0 fully saturated rings. The van der Waals surface area contributed by atoms with Crippen molar-refractivity contribution >= 4 is 40.1 Å². The van der Waals surface area contributed by atoms with E-state index in [1.54, 1.807) is 18.2 Å². The molecule has 0 bridgehead atoms. The normalized spacial score (nSPS) is 10.5. The summed E-state index contributed by atoms with van der Waals surface area (Å²) < 4.78 is 5.12. The molecule has 2 amide bonds. The Morgan fingerprint density at radius 2 is 1.79 bits per heavy atom. The number of para-hydroxylation sites is 1. The molecule has 3 aromatic rings. The van der Waals surface area contributed by atoms with E-state index in [0.29, 0.717) is 21.7 Å². The van der Waals surface area contributed by atoms with E-state index < -0.39 is 17.4 Å². The van der Waals surface area contributed by atoms with Crippen LogP contribution in [-0.4, -0.2) is 11.8 Å². The zero-order chi connectivity index (χ0) is 17.3.